The van der Waals surface area contributed by atoms with Crippen LogP contribution < -0.4 is 5.32 Å². The second-order valence-corrected chi connectivity index (χ2v) is 8.44. The minimum absolute atomic E-state index is 0.108. The van der Waals surface area contributed by atoms with Crippen LogP contribution in [0.5, 0.6) is 0 Å². The Balaban J connectivity index is 2.17. The zero-order valence-electron chi connectivity index (χ0n) is 14.2. The molecule has 0 aromatic rings. The van der Waals surface area contributed by atoms with E-state index in [1.165, 1.54) is 22.7 Å². The van der Waals surface area contributed by atoms with E-state index in [-0.39, 0.29) is 18.4 Å². The summed E-state index contributed by atoms with van der Waals surface area (Å²) in [5.41, 5.74) is 0. The van der Waals surface area contributed by atoms with Crippen molar-refractivity contribution >= 4 is 16.1 Å². The van der Waals surface area contributed by atoms with Crippen molar-refractivity contribution in [1.82, 2.24) is 18.8 Å². The van der Waals surface area contributed by atoms with E-state index in [2.05, 4.69) is 10.2 Å². The van der Waals surface area contributed by atoms with E-state index in [1.807, 2.05) is 0 Å². The lowest BCUT2D eigenvalue weighted by molar-refractivity contribution is -0.125. The van der Waals surface area contributed by atoms with E-state index in [9.17, 15) is 13.2 Å². The molecule has 1 atom stereocenters. The molecule has 0 aliphatic carbocycles. The van der Waals surface area contributed by atoms with Crippen molar-refractivity contribution in [2.45, 2.75) is 18.9 Å². The topological polar surface area (TPSA) is 82.2 Å². The van der Waals surface area contributed by atoms with Crippen molar-refractivity contribution in [2.24, 2.45) is 5.92 Å². The Morgan fingerprint density at radius 1 is 1.17 bits per heavy atom. The molecule has 2 saturated heterocycles. The van der Waals surface area contributed by atoms with Gasteiger partial charge in [-0.25, -0.2) is 0 Å². The number of carbonyl (C=O) groups is 1. The lowest BCUT2D eigenvalue weighted by atomic mass is 10.0. The molecular formula is C14H28N4O4S. The van der Waals surface area contributed by atoms with Crippen molar-refractivity contribution in [3.05, 3.63) is 0 Å². The Kier molecular flexibility index (Phi) is 6.38. The lowest BCUT2D eigenvalue weighted by Gasteiger charge is -2.34. The highest BCUT2D eigenvalue weighted by Crippen LogP contribution is 2.21. The fourth-order valence-electron chi connectivity index (χ4n) is 3.20. The van der Waals surface area contributed by atoms with Crippen LogP contribution in [0.4, 0.5) is 0 Å². The Morgan fingerprint density at radius 2 is 1.83 bits per heavy atom. The SMILES string of the molecule is CNC(=O)C1CN(C2CCOCC2)CCN(S(=O)(=O)N(C)C)C1. The van der Waals surface area contributed by atoms with Gasteiger partial charge in [0.25, 0.3) is 10.2 Å². The number of hydrogen-bond acceptors (Lipinski definition) is 5. The van der Waals surface area contributed by atoms with Gasteiger partial charge in [0.1, 0.15) is 0 Å². The molecule has 2 rings (SSSR count). The summed E-state index contributed by atoms with van der Waals surface area (Å²) in [6.45, 7) is 3.32. The van der Waals surface area contributed by atoms with Crippen LogP contribution in [0.25, 0.3) is 0 Å². The van der Waals surface area contributed by atoms with Crippen LogP contribution in [0.3, 0.4) is 0 Å². The minimum atomic E-state index is -3.52. The quantitative estimate of drug-likeness (QED) is 0.701. The molecular weight excluding hydrogens is 320 g/mol. The zero-order valence-corrected chi connectivity index (χ0v) is 15.0. The smallest absolute Gasteiger partial charge is 0.281 e. The van der Waals surface area contributed by atoms with Gasteiger partial charge in [-0.2, -0.15) is 17.0 Å². The molecule has 0 radical (unpaired) electrons. The summed E-state index contributed by atoms with van der Waals surface area (Å²) in [6.07, 6.45) is 1.86. The van der Waals surface area contributed by atoms with E-state index in [0.717, 1.165) is 26.1 Å². The first-order chi connectivity index (χ1) is 10.9. The van der Waals surface area contributed by atoms with Gasteiger partial charge < -0.3 is 10.1 Å². The summed E-state index contributed by atoms with van der Waals surface area (Å²) >= 11 is 0. The van der Waals surface area contributed by atoms with Crippen LogP contribution in [0.2, 0.25) is 0 Å². The predicted molar refractivity (Wildman–Crippen MR) is 87.2 cm³/mol. The van der Waals surface area contributed by atoms with Gasteiger partial charge in [0, 0.05) is 66.6 Å². The fraction of sp³-hybridized carbons (Fsp3) is 0.929. The largest absolute Gasteiger partial charge is 0.381 e. The Labute approximate surface area is 138 Å². The van der Waals surface area contributed by atoms with Crippen LogP contribution in [0.1, 0.15) is 12.8 Å². The van der Waals surface area contributed by atoms with Crippen molar-refractivity contribution < 1.29 is 17.9 Å². The molecule has 2 heterocycles. The molecule has 1 amide bonds. The van der Waals surface area contributed by atoms with Crippen molar-refractivity contribution in [3.63, 3.8) is 0 Å². The molecule has 1 unspecified atom stereocenters. The van der Waals surface area contributed by atoms with Crippen LogP contribution in [-0.4, -0.2) is 94.4 Å². The highest BCUT2D eigenvalue weighted by atomic mass is 32.2. The highest BCUT2D eigenvalue weighted by molar-refractivity contribution is 7.86. The van der Waals surface area contributed by atoms with E-state index >= 15 is 0 Å². The fourth-order valence-corrected chi connectivity index (χ4v) is 4.34. The minimum Gasteiger partial charge on any atom is -0.381 e. The van der Waals surface area contributed by atoms with Gasteiger partial charge in [0.15, 0.2) is 0 Å². The monoisotopic (exact) mass is 348 g/mol. The number of rotatable bonds is 4. The molecule has 9 heteroatoms. The maximum Gasteiger partial charge on any atom is 0.281 e. The number of nitrogens with one attached hydrogen (secondary N) is 1. The molecule has 23 heavy (non-hydrogen) atoms. The van der Waals surface area contributed by atoms with Gasteiger partial charge >= 0.3 is 0 Å². The molecule has 2 fully saturated rings. The van der Waals surface area contributed by atoms with Gasteiger partial charge in [-0.1, -0.05) is 0 Å². The lowest BCUT2D eigenvalue weighted by Crippen LogP contribution is -2.45. The molecule has 8 nitrogen and oxygen atoms in total. The number of amides is 1. The first-order valence-corrected chi connectivity index (χ1v) is 9.47. The second-order valence-electron chi connectivity index (χ2n) is 6.30. The summed E-state index contributed by atoms with van der Waals surface area (Å²) in [4.78, 5) is 14.5. The standard InChI is InChI=1S/C14H28N4O4S/c1-15-14(19)12-10-17(13-4-8-22-9-5-13)6-7-18(11-12)23(20,21)16(2)3/h12-13H,4-11H2,1-3H3,(H,15,19). The van der Waals surface area contributed by atoms with E-state index < -0.39 is 10.2 Å². The Bertz CT molecular complexity index is 505. The zero-order chi connectivity index (χ0) is 17.0. The molecule has 0 aromatic carbocycles. The van der Waals surface area contributed by atoms with Gasteiger partial charge in [-0.05, 0) is 12.8 Å². The summed E-state index contributed by atoms with van der Waals surface area (Å²) in [5.74, 6) is -0.469. The second kappa shape index (κ2) is 7.89. The summed E-state index contributed by atoms with van der Waals surface area (Å²) in [7, 11) is 1.12. The van der Waals surface area contributed by atoms with Crippen molar-refractivity contribution in [1.29, 1.82) is 0 Å². The van der Waals surface area contributed by atoms with E-state index in [1.54, 1.807) is 7.05 Å². The van der Waals surface area contributed by atoms with Gasteiger partial charge in [0.05, 0.1) is 5.92 Å². The van der Waals surface area contributed by atoms with Crippen molar-refractivity contribution in [2.75, 3.05) is 60.5 Å². The maximum absolute atomic E-state index is 12.5. The third-order valence-electron chi connectivity index (χ3n) is 4.63. The molecule has 0 aromatic heterocycles. The molecule has 134 valence electrons. The Hall–Kier alpha value is -0.740. The van der Waals surface area contributed by atoms with Crippen LogP contribution in [-0.2, 0) is 19.7 Å². The Morgan fingerprint density at radius 3 is 2.39 bits per heavy atom. The van der Waals surface area contributed by atoms with E-state index in [0.29, 0.717) is 25.7 Å². The number of nitrogens with zero attached hydrogens (tertiary/aromatic N) is 3. The third kappa shape index (κ3) is 4.42. The highest BCUT2D eigenvalue weighted by Gasteiger charge is 2.36. The average molecular weight is 348 g/mol. The summed E-state index contributed by atoms with van der Waals surface area (Å²) < 4.78 is 33.0. The molecule has 0 saturated carbocycles. The molecule has 0 bridgehead atoms. The third-order valence-corrected chi connectivity index (χ3v) is 6.53. The number of hydrogen-bond donors (Lipinski definition) is 1. The van der Waals surface area contributed by atoms with Crippen LogP contribution in [0, 0.1) is 5.92 Å². The molecule has 2 aliphatic rings. The summed E-state index contributed by atoms with van der Waals surface area (Å²) in [6, 6.07) is 0.359. The van der Waals surface area contributed by atoms with Gasteiger partial charge in [0.2, 0.25) is 5.91 Å². The van der Waals surface area contributed by atoms with Crippen LogP contribution >= 0.6 is 0 Å². The predicted octanol–water partition coefficient (Wildman–Crippen LogP) is -1.05. The normalized spacial score (nSPS) is 26.2. The maximum atomic E-state index is 12.5. The molecule has 2 aliphatic heterocycles. The number of ether oxygens (including phenoxy) is 1. The van der Waals surface area contributed by atoms with E-state index in [4.69, 9.17) is 4.74 Å². The molecule has 0 spiro atoms. The number of carbonyl (C=O) groups excluding carboxylic acids is 1. The first-order valence-electron chi connectivity index (χ1n) is 8.07. The van der Waals surface area contributed by atoms with Crippen LogP contribution in [0.15, 0.2) is 0 Å². The summed E-state index contributed by atoms with van der Waals surface area (Å²) in [5, 5.41) is 2.66. The average Bonchev–Trinajstić information content (AvgIpc) is 2.78. The van der Waals surface area contributed by atoms with Gasteiger partial charge in [-0.3, -0.25) is 9.69 Å². The van der Waals surface area contributed by atoms with Crippen molar-refractivity contribution in [3.8, 4) is 0 Å². The first kappa shape index (κ1) is 18.6. The van der Waals surface area contributed by atoms with Gasteiger partial charge in [-0.15, -0.1) is 0 Å². The molecule has 1 N–H and O–H groups in total.